The van der Waals surface area contributed by atoms with Crippen LogP contribution in [-0.2, 0) is 11.3 Å². The zero-order valence-corrected chi connectivity index (χ0v) is 25.5. The third kappa shape index (κ3) is 5.28. The van der Waals surface area contributed by atoms with Crippen LogP contribution in [0.1, 0.15) is 86.4 Å². The van der Waals surface area contributed by atoms with Crippen LogP contribution in [0.3, 0.4) is 0 Å². The van der Waals surface area contributed by atoms with Gasteiger partial charge in [-0.25, -0.2) is 18.7 Å². The van der Waals surface area contributed by atoms with Gasteiger partial charge in [0.1, 0.15) is 17.6 Å². The van der Waals surface area contributed by atoms with Gasteiger partial charge >= 0.3 is 0 Å². The van der Waals surface area contributed by atoms with Crippen LogP contribution < -0.4 is 16.0 Å². The van der Waals surface area contributed by atoms with E-state index in [-0.39, 0.29) is 29.5 Å². The predicted molar refractivity (Wildman–Crippen MR) is 167 cm³/mol. The third-order valence-corrected chi connectivity index (χ3v) is 10.2. The molecule has 5 atom stereocenters. The molecule has 11 heteroatoms. The molecule has 4 aromatic rings. The molecule has 2 bridgehead atoms. The minimum atomic E-state index is -1.17. The second-order valence-corrected chi connectivity index (χ2v) is 13.5. The van der Waals surface area contributed by atoms with E-state index >= 15 is 4.39 Å². The van der Waals surface area contributed by atoms with Gasteiger partial charge in [0.15, 0.2) is 5.82 Å². The number of alkyl halides is 1. The molecular formula is C34H39F2N7O2. The quantitative estimate of drug-likeness (QED) is 0.287. The van der Waals surface area contributed by atoms with E-state index in [1.807, 2.05) is 13.0 Å². The number of carbonyl (C=O) groups is 2. The summed E-state index contributed by atoms with van der Waals surface area (Å²) in [7, 11) is 0. The highest BCUT2D eigenvalue weighted by Gasteiger charge is 2.42. The standard InChI is InChI=1S/C34H39F2N7O2/c1-18-26-9-6-20-14-30(42(31(20)39-26)12-4-2-3-5-19-13-22(19)33(44)38-18)32-40-27-15-23(25(36)16-29(27)43(32)21-7-8-21)34(45)41-28-17-37-11-10-24(28)35/h6,9,14-16,18-19,21-22,24,28,37H,2-5,7-8,10-13,17H2,1H3,(H,38,44)(H,41,45)/t18-,19+,22-,24+,28+/m1/s1. The molecule has 8 rings (SSSR count). The number of hydrogen-bond donors (Lipinski definition) is 3. The number of aryl methyl sites for hydroxylation is 1. The summed E-state index contributed by atoms with van der Waals surface area (Å²) >= 11 is 0. The maximum Gasteiger partial charge on any atom is 0.254 e. The van der Waals surface area contributed by atoms with E-state index in [4.69, 9.17) is 9.97 Å². The molecule has 0 radical (unpaired) electrons. The molecule has 0 unspecified atom stereocenters. The van der Waals surface area contributed by atoms with Gasteiger partial charge in [0.2, 0.25) is 5.91 Å². The SMILES string of the molecule is C[C@H]1NC(=O)[C@@H]2C[C@@H]2CCCCCn2c(-c3nc4cc(C(=O)N[C@H]5CNCC[C@@H]5F)c(F)cc4n3C3CC3)cc3ccc1nc32. The largest absolute Gasteiger partial charge is 0.348 e. The normalized spacial score (nSPS) is 27.3. The van der Waals surface area contributed by atoms with Crippen LogP contribution in [0.5, 0.6) is 0 Å². The van der Waals surface area contributed by atoms with Crippen LogP contribution >= 0.6 is 0 Å². The van der Waals surface area contributed by atoms with Crippen molar-refractivity contribution in [2.75, 3.05) is 13.1 Å². The number of amides is 2. The molecule has 4 aliphatic rings. The molecule has 2 aliphatic heterocycles. The maximum absolute atomic E-state index is 15.6. The molecule has 2 amide bonds. The lowest BCUT2D eigenvalue weighted by molar-refractivity contribution is -0.123. The van der Waals surface area contributed by atoms with E-state index in [0.29, 0.717) is 36.5 Å². The van der Waals surface area contributed by atoms with Crippen molar-refractivity contribution in [3.63, 3.8) is 0 Å². The van der Waals surface area contributed by atoms with E-state index in [1.165, 1.54) is 12.1 Å². The molecular weight excluding hydrogens is 576 g/mol. The van der Waals surface area contributed by atoms with Gasteiger partial charge in [-0.05, 0) is 82.2 Å². The Hall–Kier alpha value is -3.86. The Bertz CT molecular complexity index is 1810. The van der Waals surface area contributed by atoms with Crippen molar-refractivity contribution in [1.29, 1.82) is 0 Å². The summed E-state index contributed by atoms with van der Waals surface area (Å²) < 4.78 is 34.3. The monoisotopic (exact) mass is 615 g/mol. The fraction of sp³-hybridized carbons (Fsp3) is 0.529. The zero-order chi connectivity index (χ0) is 30.8. The summed E-state index contributed by atoms with van der Waals surface area (Å²) in [6.45, 7) is 3.61. The van der Waals surface area contributed by atoms with Crippen LogP contribution in [0.4, 0.5) is 8.78 Å². The van der Waals surface area contributed by atoms with Crippen molar-refractivity contribution < 1.29 is 18.4 Å². The summed E-state index contributed by atoms with van der Waals surface area (Å²) in [5, 5.41) is 9.93. The first-order chi connectivity index (χ1) is 21.9. The van der Waals surface area contributed by atoms with Gasteiger partial charge in [-0.3, -0.25) is 9.59 Å². The summed E-state index contributed by atoms with van der Waals surface area (Å²) in [4.78, 5) is 36.1. The molecule has 1 saturated heterocycles. The lowest BCUT2D eigenvalue weighted by Crippen LogP contribution is -2.52. The van der Waals surface area contributed by atoms with Crippen LogP contribution in [0.2, 0.25) is 0 Å². The Balaban J connectivity index is 1.20. The number of rotatable bonds is 4. The van der Waals surface area contributed by atoms with Crippen LogP contribution in [-0.4, -0.2) is 56.2 Å². The second kappa shape index (κ2) is 11.2. The molecule has 2 saturated carbocycles. The smallest absolute Gasteiger partial charge is 0.254 e. The minimum absolute atomic E-state index is 0.126. The molecule has 3 N–H and O–H groups in total. The third-order valence-electron chi connectivity index (χ3n) is 10.2. The number of halogens is 2. The first kappa shape index (κ1) is 28.6. The molecule has 5 heterocycles. The Morgan fingerprint density at radius 2 is 1.93 bits per heavy atom. The number of aromatic nitrogens is 4. The Labute approximate surface area is 260 Å². The first-order valence-electron chi connectivity index (χ1n) is 16.5. The van der Waals surface area contributed by atoms with Crippen molar-refractivity contribution in [3.8, 4) is 11.5 Å². The molecule has 236 valence electrons. The average molecular weight is 616 g/mol. The van der Waals surface area contributed by atoms with E-state index in [9.17, 15) is 14.0 Å². The van der Waals surface area contributed by atoms with Crippen molar-refractivity contribution in [3.05, 3.63) is 47.4 Å². The number of nitrogens with zero attached hydrogens (tertiary/aromatic N) is 4. The lowest BCUT2D eigenvalue weighted by atomic mass is 10.0. The van der Waals surface area contributed by atoms with Gasteiger partial charge in [-0.2, -0.15) is 0 Å². The second-order valence-electron chi connectivity index (χ2n) is 13.5. The van der Waals surface area contributed by atoms with Gasteiger partial charge in [-0.15, -0.1) is 0 Å². The van der Waals surface area contributed by atoms with Gasteiger partial charge < -0.3 is 25.1 Å². The predicted octanol–water partition coefficient (Wildman–Crippen LogP) is 5.34. The highest BCUT2D eigenvalue weighted by Crippen LogP contribution is 2.44. The zero-order valence-electron chi connectivity index (χ0n) is 25.5. The summed E-state index contributed by atoms with van der Waals surface area (Å²) in [5.41, 5.74) is 3.61. The molecule has 45 heavy (non-hydrogen) atoms. The Kier molecular flexibility index (Phi) is 7.11. The number of piperidine rings is 1. The van der Waals surface area contributed by atoms with Crippen molar-refractivity contribution in [2.24, 2.45) is 11.8 Å². The number of carbonyl (C=O) groups excluding carboxylic acids is 2. The molecule has 9 nitrogen and oxygen atoms in total. The van der Waals surface area contributed by atoms with Crippen LogP contribution in [0, 0.1) is 17.7 Å². The highest BCUT2D eigenvalue weighted by atomic mass is 19.1. The van der Waals surface area contributed by atoms with E-state index < -0.39 is 23.9 Å². The molecule has 3 aromatic heterocycles. The van der Waals surface area contributed by atoms with Crippen molar-refractivity contribution >= 4 is 33.9 Å². The Morgan fingerprint density at radius 3 is 2.76 bits per heavy atom. The number of pyridine rings is 1. The average Bonchev–Trinajstić information content (AvgIpc) is 3.95. The van der Waals surface area contributed by atoms with Crippen LogP contribution in [0.25, 0.3) is 33.6 Å². The number of imidazole rings is 1. The fourth-order valence-corrected chi connectivity index (χ4v) is 7.32. The number of nitrogens with one attached hydrogen (secondary N) is 3. The van der Waals surface area contributed by atoms with Gasteiger partial charge in [0.25, 0.3) is 5.91 Å². The molecule has 0 spiro atoms. The van der Waals surface area contributed by atoms with Crippen molar-refractivity contribution in [2.45, 2.75) is 89.1 Å². The highest BCUT2D eigenvalue weighted by molar-refractivity contribution is 5.98. The van der Waals surface area contributed by atoms with Gasteiger partial charge in [0, 0.05) is 36.5 Å². The fourth-order valence-electron chi connectivity index (χ4n) is 7.32. The number of benzene rings is 1. The van der Waals surface area contributed by atoms with Gasteiger partial charge in [0.05, 0.1) is 40.1 Å². The molecule has 3 fully saturated rings. The molecule has 1 aromatic carbocycles. The lowest BCUT2D eigenvalue weighted by Gasteiger charge is -2.27. The van der Waals surface area contributed by atoms with E-state index in [0.717, 1.165) is 79.7 Å². The van der Waals surface area contributed by atoms with Crippen molar-refractivity contribution in [1.82, 2.24) is 35.1 Å². The topological polar surface area (TPSA) is 106 Å². The Morgan fingerprint density at radius 1 is 1.07 bits per heavy atom. The summed E-state index contributed by atoms with van der Waals surface area (Å²) in [6, 6.07) is 8.32. The number of hydrogen-bond acceptors (Lipinski definition) is 5. The first-order valence-corrected chi connectivity index (χ1v) is 16.5. The maximum atomic E-state index is 15.6. The van der Waals surface area contributed by atoms with E-state index in [1.54, 1.807) is 0 Å². The summed E-state index contributed by atoms with van der Waals surface area (Å²) in [6.07, 6.45) is 6.23. The molecule has 2 aliphatic carbocycles. The van der Waals surface area contributed by atoms with Crippen LogP contribution in [0.15, 0.2) is 30.3 Å². The summed E-state index contributed by atoms with van der Waals surface area (Å²) in [5.74, 6) is 0.192. The minimum Gasteiger partial charge on any atom is -0.348 e. The van der Waals surface area contributed by atoms with E-state index in [2.05, 4.69) is 37.2 Å². The van der Waals surface area contributed by atoms with Gasteiger partial charge in [-0.1, -0.05) is 12.8 Å². The number of fused-ring (bicyclic) bond motifs is 3.